The van der Waals surface area contributed by atoms with E-state index >= 15 is 0 Å². The van der Waals surface area contributed by atoms with E-state index in [1.807, 2.05) is 0 Å². The molecule has 1 aliphatic heterocycles. The van der Waals surface area contributed by atoms with Gasteiger partial charge >= 0.3 is 0 Å². The maximum atomic E-state index is 11.5. The second-order valence-corrected chi connectivity index (χ2v) is 6.21. The lowest BCUT2D eigenvalue weighted by Gasteiger charge is -2.35. The van der Waals surface area contributed by atoms with Gasteiger partial charge in [0.05, 0.1) is 6.26 Å². The minimum absolute atomic E-state index is 0.337. The maximum Gasteiger partial charge on any atom is 0.211 e. The number of piperidine rings is 1. The molecule has 0 N–H and O–H groups in total. The average Bonchev–Trinajstić information content (AvgIpc) is 2.48. The molecule has 0 radical (unpaired) electrons. The van der Waals surface area contributed by atoms with Gasteiger partial charge in [-0.2, -0.15) is 4.31 Å². The van der Waals surface area contributed by atoms with Gasteiger partial charge < -0.3 is 0 Å². The highest BCUT2D eigenvalue weighted by molar-refractivity contribution is 7.88. The standard InChI is InChI=1S/C9H17NO2S/c1-13(11,12)10-7-3-5-8-4-2-6-9(8)10/h8-9H,2-7H2,1H3. The van der Waals surface area contributed by atoms with Crippen LogP contribution in [0.1, 0.15) is 32.1 Å². The van der Waals surface area contributed by atoms with Gasteiger partial charge in [0.2, 0.25) is 10.0 Å². The second kappa shape index (κ2) is 3.24. The minimum Gasteiger partial charge on any atom is -0.212 e. The van der Waals surface area contributed by atoms with Gasteiger partial charge in [0, 0.05) is 12.6 Å². The summed E-state index contributed by atoms with van der Waals surface area (Å²) in [6.45, 7) is 0.750. The van der Waals surface area contributed by atoms with Gasteiger partial charge in [0.25, 0.3) is 0 Å². The molecular formula is C9H17NO2S. The van der Waals surface area contributed by atoms with Crippen molar-refractivity contribution in [1.82, 2.24) is 4.31 Å². The first-order valence-electron chi connectivity index (χ1n) is 5.06. The summed E-state index contributed by atoms with van der Waals surface area (Å²) in [6.07, 6.45) is 7.15. The maximum absolute atomic E-state index is 11.5. The molecule has 1 heterocycles. The zero-order valence-electron chi connectivity index (χ0n) is 8.07. The number of sulfonamides is 1. The third kappa shape index (κ3) is 1.74. The van der Waals surface area contributed by atoms with Crippen molar-refractivity contribution in [1.29, 1.82) is 0 Å². The number of fused-ring (bicyclic) bond motifs is 1. The van der Waals surface area contributed by atoms with Crippen LogP contribution in [0, 0.1) is 5.92 Å². The summed E-state index contributed by atoms with van der Waals surface area (Å²) in [5.41, 5.74) is 0. The van der Waals surface area contributed by atoms with Gasteiger partial charge in [-0.25, -0.2) is 8.42 Å². The Kier molecular flexibility index (Phi) is 2.36. The summed E-state index contributed by atoms with van der Waals surface area (Å²) in [4.78, 5) is 0. The molecule has 0 aromatic rings. The summed E-state index contributed by atoms with van der Waals surface area (Å²) in [5.74, 6) is 0.656. The topological polar surface area (TPSA) is 37.4 Å². The lowest BCUT2D eigenvalue weighted by atomic mass is 9.94. The van der Waals surface area contributed by atoms with E-state index in [1.165, 1.54) is 25.5 Å². The molecule has 1 saturated carbocycles. The average molecular weight is 203 g/mol. The summed E-state index contributed by atoms with van der Waals surface area (Å²) in [6, 6.07) is 0.337. The van der Waals surface area contributed by atoms with Crippen LogP contribution in [0.25, 0.3) is 0 Å². The van der Waals surface area contributed by atoms with E-state index in [0.29, 0.717) is 12.0 Å². The van der Waals surface area contributed by atoms with Crippen LogP contribution in [-0.2, 0) is 10.0 Å². The van der Waals surface area contributed by atoms with Crippen molar-refractivity contribution in [2.75, 3.05) is 12.8 Å². The predicted octanol–water partition coefficient (Wildman–Crippen LogP) is 1.21. The third-order valence-electron chi connectivity index (χ3n) is 3.37. The number of hydrogen-bond acceptors (Lipinski definition) is 2. The first-order valence-corrected chi connectivity index (χ1v) is 6.90. The van der Waals surface area contributed by atoms with Crippen LogP contribution in [0.5, 0.6) is 0 Å². The van der Waals surface area contributed by atoms with Crippen molar-refractivity contribution < 1.29 is 8.42 Å². The highest BCUT2D eigenvalue weighted by Gasteiger charge is 2.38. The molecule has 2 rings (SSSR count). The second-order valence-electron chi connectivity index (χ2n) is 4.27. The molecule has 0 bridgehead atoms. The Balaban J connectivity index is 2.19. The Morgan fingerprint density at radius 3 is 2.54 bits per heavy atom. The van der Waals surface area contributed by atoms with Gasteiger partial charge in [-0.1, -0.05) is 6.42 Å². The molecule has 2 fully saturated rings. The van der Waals surface area contributed by atoms with Crippen LogP contribution in [0.2, 0.25) is 0 Å². The van der Waals surface area contributed by atoms with Gasteiger partial charge in [0.1, 0.15) is 0 Å². The van der Waals surface area contributed by atoms with Gasteiger partial charge in [-0.3, -0.25) is 0 Å². The van der Waals surface area contributed by atoms with Crippen LogP contribution in [0.4, 0.5) is 0 Å². The van der Waals surface area contributed by atoms with Crippen LogP contribution >= 0.6 is 0 Å². The minimum atomic E-state index is -2.95. The predicted molar refractivity (Wildman–Crippen MR) is 51.9 cm³/mol. The summed E-state index contributed by atoms with van der Waals surface area (Å²) in [7, 11) is -2.95. The summed E-state index contributed by atoms with van der Waals surface area (Å²) < 4.78 is 24.6. The van der Waals surface area contributed by atoms with E-state index in [9.17, 15) is 8.42 Å². The van der Waals surface area contributed by atoms with Crippen molar-refractivity contribution >= 4 is 10.0 Å². The SMILES string of the molecule is CS(=O)(=O)N1CCCC2CCCC21. The van der Waals surface area contributed by atoms with Crippen molar-refractivity contribution in [2.24, 2.45) is 5.92 Å². The molecule has 3 nitrogen and oxygen atoms in total. The fraction of sp³-hybridized carbons (Fsp3) is 1.00. The molecule has 2 unspecified atom stereocenters. The normalized spacial score (nSPS) is 36.1. The molecule has 13 heavy (non-hydrogen) atoms. The van der Waals surface area contributed by atoms with Crippen LogP contribution in [-0.4, -0.2) is 31.6 Å². The molecule has 4 heteroatoms. The fourth-order valence-electron chi connectivity index (χ4n) is 2.82. The quantitative estimate of drug-likeness (QED) is 0.642. The van der Waals surface area contributed by atoms with E-state index in [1.54, 1.807) is 4.31 Å². The van der Waals surface area contributed by atoms with E-state index in [-0.39, 0.29) is 0 Å². The van der Waals surface area contributed by atoms with E-state index in [2.05, 4.69) is 0 Å². The highest BCUT2D eigenvalue weighted by Crippen LogP contribution is 2.37. The molecule has 1 saturated heterocycles. The Bertz CT molecular complexity index is 286. The monoisotopic (exact) mass is 203 g/mol. The molecule has 0 amide bonds. The molecule has 0 aromatic heterocycles. The first kappa shape index (κ1) is 9.46. The third-order valence-corrected chi connectivity index (χ3v) is 4.67. The summed E-state index contributed by atoms with van der Waals surface area (Å²) in [5, 5.41) is 0. The largest absolute Gasteiger partial charge is 0.212 e. The lowest BCUT2D eigenvalue weighted by Crippen LogP contribution is -2.45. The van der Waals surface area contributed by atoms with E-state index in [4.69, 9.17) is 0 Å². The van der Waals surface area contributed by atoms with Gasteiger partial charge in [0.15, 0.2) is 0 Å². The molecule has 76 valence electrons. The lowest BCUT2D eigenvalue weighted by molar-refractivity contribution is 0.203. The van der Waals surface area contributed by atoms with Crippen molar-refractivity contribution in [3.05, 3.63) is 0 Å². The molecule has 2 aliphatic rings. The zero-order chi connectivity index (χ0) is 9.47. The van der Waals surface area contributed by atoms with Crippen LogP contribution < -0.4 is 0 Å². The first-order chi connectivity index (χ1) is 6.09. The Morgan fingerprint density at radius 1 is 1.15 bits per heavy atom. The smallest absolute Gasteiger partial charge is 0.211 e. The van der Waals surface area contributed by atoms with Gasteiger partial charge in [-0.05, 0) is 31.6 Å². The fourth-order valence-corrected chi connectivity index (χ4v) is 4.05. The molecular weight excluding hydrogens is 186 g/mol. The van der Waals surface area contributed by atoms with E-state index in [0.717, 1.165) is 19.4 Å². The number of nitrogens with zero attached hydrogens (tertiary/aromatic N) is 1. The number of hydrogen-bond donors (Lipinski definition) is 0. The van der Waals surface area contributed by atoms with Gasteiger partial charge in [-0.15, -0.1) is 0 Å². The molecule has 0 spiro atoms. The number of rotatable bonds is 1. The van der Waals surface area contributed by atoms with Crippen molar-refractivity contribution in [3.63, 3.8) is 0 Å². The molecule has 1 aliphatic carbocycles. The van der Waals surface area contributed by atoms with Crippen molar-refractivity contribution in [2.45, 2.75) is 38.1 Å². The Morgan fingerprint density at radius 2 is 1.85 bits per heavy atom. The van der Waals surface area contributed by atoms with E-state index < -0.39 is 10.0 Å². The van der Waals surface area contributed by atoms with Crippen molar-refractivity contribution in [3.8, 4) is 0 Å². The molecule has 0 aromatic carbocycles. The Hall–Kier alpha value is -0.0900. The highest BCUT2D eigenvalue weighted by atomic mass is 32.2. The summed E-state index contributed by atoms with van der Waals surface area (Å²) >= 11 is 0. The van der Waals surface area contributed by atoms with Crippen LogP contribution in [0.3, 0.4) is 0 Å². The Labute approximate surface area is 80.2 Å². The molecule has 2 atom stereocenters. The van der Waals surface area contributed by atoms with Crippen LogP contribution in [0.15, 0.2) is 0 Å². The zero-order valence-corrected chi connectivity index (χ0v) is 8.89.